The van der Waals surface area contributed by atoms with Crippen molar-refractivity contribution in [2.24, 2.45) is 0 Å². The predicted octanol–water partition coefficient (Wildman–Crippen LogP) is 1.22. The van der Waals surface area contributed by atoms with Crippen LogP contribution in [0.5, 0.6) is 0 Å². The third kappa shape index (κ3) is 5.03. The third-order valence-corrected chi connectivity index (χ3v) is 5.78. The van der Waals surface area contributed by atoms with Crippen LogP contribution >= 0.6 is 0 Å². The summed E-state index contributed by atoms with van der Waals surface area (Å²) in [5.74, 6) is -0.0302. The van der Waals surface area contributed by atoms with Crippen LogP contribution < -0.4 is 5.32 Å². The number of hydrogen-bond acceptors (Lipinski definition) is 4. The van der Waals surface area contributed by atoms with Crippen LogP contribution in [-0.2, 0) is 14.8 Å². The Kier molecular flexibility index (Phi) is 5.67. The smallest absolute Gasteiger partial charge is 0.243 e. The van der Waals surface area contributed by atoms with E-state index in [4.69, 9.17) is 0 Å². The van der Waals surface area contributed by atoms with Crippen LogP contribution in [0.3, 0.4) is 0 Å². The summed E-state index contributed by atoms with van der Waals surface area (Å²) >= 11 is 0. The summed E-state index contributed by atoms with van der Waals surface area (Å²) in [6, 6.07) is 6.90. The topological polar surface area (TPSA) is 69.7 Å². The van der Waals surface area contributed by atoms with Crippen molar-refractivity contribution >= 4 is 15.9 Å². The Morgan fingerprint density at radius 1 is 1.08 bits per heavy atom. The molecule has 1 amide bonds. The number of amides is 1. The molecule has 0 atom stereocenters. The highest BCUT2D eigenvalue weighted by atomic mass is 32.2. The molecule has 1 saturated heterocycles. The van der Waals surface area contributed by atoms with Crippen molar-refractivity contribution in [1.29, 1.82) is 0 Å². The first kappa shape index (κ1) is 18.9. The van der Waals surface area contributed by atoms with Gasteiger partial charge >= 0.3 is 0 Å². The Hall–Kier alpha value is -1.44. The normalized spacial score (nSPS) is 17.7. The Morgan fingerprint density at radius 2 is 1.62 bits per heavy atom. The molecule has 1 aliphatic rings. The fourth-order valence-electron chi connectivity index (χ4n) is 2.65. The zero-order valence-electron chi connectivity index (χ0n) is 14.9. The Morgan fingerprint density at radius 3 is 2.12 bits per heavy atom. The molecule has 0 bridgehead atoms. The number of nitrogens with one attached hydrogen (secondary N) is 1. The van der Waals surface area contributed by atoms with Gasteiger partial charge in [-0.1, -0.05) is 17.7 Å². The molecule has 0 spiro atoms. The molecule has 0 aromatic heterocycles. The highest BCUT2D eigenvalue weighted by molar-refractivity contribution is 7.89. The molecule has 0 aliphatic carbocycles. The van der Waals surface area contributed by atoms with E-state index in [1.54, 1.807) is 24.3 Å². The van der Waals surface area contributed by atoms with Crippen molar-refractivity contribution < 1.29 is 13.2 Å². The van der Waals surface area contributed by atoms with Crippen LogP contribution in [0, 0.1) is 6.92 Å². The number of rotatable bonds is 4. The van der Waals surface area contributed by atoms with Gasteiger partial charge in [0.25, 0.3) is 0 Å². The maximum absolute atomic E-state index is 12.6. The first-order chi connectivity index (χ1) is 11.1. The molecule has 0 unspecified atom stereocenters. The standard InChI is InChI=1S/C17H27N3O3S/c1-14-5-7-15(8-6-14)24(22,23)20-11-9-19(10-12-20)13-16(21)18-17(2,3)4/h5-8H,9-13H2,1-4H3,(H,18,21). The van der Waals surface area contributed by atoms with Crippen LogP contribution in [0.25, 0.3) is 0 Å². The summed E-state index contributed by atoms with van der Waals surface area (Å²) in [5, 5.41) is 2.93. The number of sulfonamides is 1. The lowest BCUT2D eigenvalue weighted by Crippen LogP contribution is -2.52. The molecule has 0 radical (unpaired) electrons. The van der Waals surface area contributed by atoms with E-state index in [2.05, 4.69) is 5.32 Å². The van der Waals surface area contributed by atoms with E-state index in [0.29, 0.717) is 37.6 Å². The first-order valence-corrected chi connectivity index (χ1v) is 9.62. The minimum atomic E-state index is -3.45. The maximum atomic E-state index is 12.6. The highest BCUT2D eigenvalue weighted by Crippen LogP contribution is 2.18. The van der Waals surface area contributed by atoms with Crippen LogP contribution in [0.1, 0.15) is 26.3 Å². The predicted molar refractivity (Wildman–Crippen MR) is 94.3 cm³/mol. The average molecular weight is 353 g/mol. The van der Waals surface area contributed by atoms with E-state index >= 15 is 0 Å². The number of piperazine rings is 1. The van der Waals surface area contributed by atoms with Crippen molar-refractivity contribution in [2.45, 2.75) is 38.1 Å². The van der Waals surface area contributed by atoms with Crippen LogP contribution in [-0.4, -0.2) is 61.8 Å². The molecule has 24 heavy (non-hydrogen) atoms. The van der Waals surface area contributed by atoms with Crippen molar-refractivity contribution in [3.05, 3.63) is 29.8 Å². The number of carbonyl (C=O) groups excluding carboxylic acids is 1. The monoisotopic (exact) mass is 353 g/mol. The summed E-state index contributed by atoms with van der Waals surface area (Å²) in [6.45, 7) is 9.97. The van der Waals surface area contributed by atoms with Crippen molar-refractivity contribution in [1.82, 2.24) is 14.5 Å². The van der Waals surface area contributed by atoms with Gasteiger partial charge in [0.2, 0.25) is 15.9 Å². The quantitative estimate of drug-likeness (QED) is 0.883. The number of aryl methyl sites for hydroxylation is 1. The SMILES string of the molecule is Cc1ccc(S(=O)(=O)N2CCN(CC(=O)NC(C)(C)C)CC2)cc1. The molecule has 7 heteroatoms. The van der Waals surface area contributed by atoms with E-state index in [0.717, 1.165) is 5.56 Å². The van der Waals surface area contributed by atoms with E-state index in [9.17, 15) is 13.2 Å². The second-order valence-electron chi connectivity index (χ2n) is 7.29. The summed E-state index contributed by atoms with van der Waals surface area (Å²) in [4.78, 5) is 14.3. The van der Waals surface area contributed by atoms with Gasteiger partial charge in [-0.05, 0) is 39.8 Å². The molecule has 134 valence electrons. The minimum Gasteiger partial charge on any atom is -0.350 e. The molecule has 1 N–H and O–H groups in total. The third-order valence-electron chi connectivity index (χ3n) is 3.87. The van der Waals surface area contributed by atoms with Gasteiger partial charge in [0.05, 0.1) is 11.4 Å². The summed E-state index contributed by atoms with van der Waals surface area (Å²) < 4.78 is 26.8. The van der Waals surface area contributed by atoms with Gasteiger partial charge in [-0.15, -0.1) is 0 Å². The molecule has 1 aromatic carbocycles. The van der Waals surface area contributed by atoms with Crippen LogP contribution in [0.4, 0.5) is 0 Å². The lowest BCUT2D eigenvalue weighted by molar-refractivity contribution is -0.123. The van der Waals surface area contributed by atoms with E-state index < -0.39 is 10.0 Å². The fourth-order valence-corrected chi connectivity index (χ4v) is 4.07. The summed E-state index contributed by atoms with van der Waals surface area (Å²) in [7, 11) is -3.45. The molecule has 6 nitrogen and oxygen atoms in total. The maximum Gasteiger partial charge on any atom is 0.243 e. The Labute approximate surface area is 144 Å². The van der Waals surface area contributed by atoms with Gasteiger partial charge in [0.15, 0.2) is 0 Å². The molecular weight excluding hydrogens is 326 g/mol. The minimum absolute atomic E-state index is 0.0302. The lowest BCUT2D eigenvalue weighted by atomic mass is 10.1. The number of hydrogen-bond donors (Lipinski definition) is 1. The molecule has 1 aromatic rings. The molecule has 0 saturated carbocycles. The summed E-state index contributed by atoms with van der Waals surface area (Å²) in [5.41, 5.74) is 0.775. The van der Waals surface area contributed by atoms with Gasteiger partial charge in [-0.25, -0.2) is 8.42 Å². The zero-order valence-corrected chi connectivity index (χ0v) is 15.7. The van der Waals surface area contributed by atoms with E-state index in [1.807, 2.05) is 32.6 Å². The number of benzene rings is 1. The Bertz CT molecular complexity index is 670. The highest BCUT2D eigenvalue weighted by Gasteiger charge is 2.29. The van der Waals surface area contributed by atoms with E-state index in [-0.39, 0.29) is 11.4 Å². The average Bonchev–Trinajstić information content (AvgIpc) is 2.46. The second-order valence-corrected chi connectivity index (χ2v) is 9.23. The van der Waals surface area contributed by atoms with Gasteiger partial charge in [0, 0.05) is 31.7 Å². The molecular formula is C17H27N3O3S. The second kappa shape index (κ2) is 7.21. The number of nitrogens with zero attached hydrogens (tertiary/aromatic N) is 2. The van der Waals surface area contributed by atoms with Crippen molar-refractivity contribution in [2.75, 3.05) is 32.7 Å². The molecule has 1 heterocycles. The molecule has 1 aliphatic heterocycles. The van der Waals surface area contributed by atoms with Crippen molar-refractivity contribution in [3.8, 4) is 0 Å². The Balaban J connectivity index is 1.92. The van der Waals surface area contributed by atoms with Gasteiger partial charge in [0.1, 0.15) is 0 Å². The largest absolute Gasteiger partial charge is 0.350 e. The number of carbonyl (C=O) groups is 1. The molecule has 2 rings (SSSR count). The van der Waals surface area contributed by atoms with Gasteiger partial charge < -0.3 is 5.32 Å². The summed E-state index contributed by atoms with van der Waals surface area (Å²) in [6.07, 6.45) is 0. The lowest BCUT2D eigenvalue weighted by Gasteiger charge is -2.34. The zero-order chi connectivity index (χ0) is 18.0. The van der Waals surface area contributed by atoms with Gasteiger partial charge in [-0.2, -0.15) is 4.31 Å². The van der Waals surface area contributed by atoms with Crippen LogP contribution in [0.2, 0.25) is 0 Å². The fraction of sp³-hybridized carbons (Fsp3) is 0.588. The van der Waals surface area contributed by atoms with Crippen molar-refractivity contribution in [3.63, 3.8) is 0 Å². The van der Waals surface area contributed by atoms with E-state index in [1.165, 1.54) is 4.31 Å². The van der Waals surface area contributed by atoms with Gasteiger partial charge in [-0.3, -0.25) is 9.69 Å². The molecule has 1 fully saturated rings. The van der Waals surface area contributed by atoms with Crippen LogP contribution in [0.15, 0.2) is 29.2 Å². The first-order valence-electron chi connectivity index (χ1n) is 8.18.